The molecule has 0 aliphatic heterocycles. The van der Waals surface area contributed by atoms with Crippen LogP contribution in [0.15, 0.2) is 30.5 Å². The summed E-state index contributed by atoms with van der Waals surface area (Å²) in [6.07, 6.45) is 1.73. The van der Waals surface area contributed by atoms with Crippen molar-refractivity contribution in [3.8, 4) is 5.82 Å². The number of amides is 2. The van der Waals surface area contributed by atoms with Crippen molar-refractivity contribution in [1.29, 1.82) is 0 Å². The molecule has 0 aliphatic carbocycles. The zero-order valence-electron chi connectivity index (χ0n) is 14.6. The van der Waals surface area contributed by atoms with Crippen LogP contribution in [0.2, 0.25) is 0 Å². The van der Waals surface area contributed by atoms with E-state index in [2.05, 4.69) is 41.5 Å². The minimum Gasteiger partial charge on any atom is -0.393 e. The Labute approximate surface area is 142 Å². The third-order valence-electron chi connectivity index (χ3n) is 3.43. The Morgan fingerprint density at radius 1 is 1.38 bits per heavy atom. The first-order valence-corrected chi connectivity index (χ1v) is 8.02. The highest BCUT2D eigenvalue weighted by molar-refractivity contribution is 5.88. The van der Waals surface area contributed by atoms with Crippen molar-refractivity contribution < 1.29 is 9.90 Å². The van der Waals surface area contributed by atoms with E-state index in [-0.39, 0.29) is 11.4 Å². The number of nitrogens with one attached hydrogen (secondary N) is 2. The van der Waals surface area contributed by atoms with Gasteiger partial charge in [-0.2, -0.15) is 9.78 Å². The van der Waals surface area contributed by atoms with Gasteiger partial charge in [0.05, 0.1) is 11.8 Å². The minimum atomic E-state index is -0.447. The van der Waals surface area contributed by atoms with Gasteiger partial charge in [0.25, 0.3) is 0 Å². The van der Waals surface area contributed by atoms with Gasteiger partial charge in [-0.05, 0) is 25.5 Å². The highest BCUT2D eigenvalue weighted by Gasteiger charge is 2.21. The van der Waals surface area contributed by atoms with Gasteiger partial charge in [0.15, 0.2) is 5.82 Å². The summed E-state index contributed by atoms with van der Waals surface area (Å²) in [7, 11) is 0. The Morgan fingerprint density at radius 3 is 2.71 bits per heavy atom. The maximum atomic E-state index is 12.1. The van der Waals surface area contributed by atoms with Gasteiger partial charge < -0.3 is 10.4 Å². The van der Waals surface area contributed by atoms with Crippen LogP contribution in [0.5, 0.6) is 0 Å². The van der Waals surface area contributed by atoms with Crippen LogP contribution in [0.1, 0.15) is 39.8 Å². The summed E-state index contributed by atoms with van der Waals surface area (Å²) in [5.41, 5.74) is 0.701. The number of urea groups is 1. The van der Waals surface area contributed by atoms with Gasteiger partial charge in [0.2, 0.25) is 0 Å². The Bertz CT molecular complexity index is 674. The maximum absolute atomic E-state index is 12.1. The number of carbonyl (C=O) groups excluding carboxylic acids is 1. The van der Waals surface area contributed by atoms with Gasteiger partial charge in [-0.1, -0.05) is 26.8 Å². The fourth-order valence-corrected chi connectivity index (χ4v) is 2.05. The first-order chi connectivity index (χ1) is 11.3. The van der Waals surface area contributed by atoms with E-state index in [4.69, 9.17) is 0 Å². The van der Waals surface area contributed by atoms with Gasteiger partial charge in [-0.25, -0.2) is 9.78 Å². The summed E-state index contributed by atoms with van der Waals surface area (Å²) in [6, 6.07) is 7.04. The number of carbonyl (C=O) groups is 1. The lowest BCUT2D eigenvalue weighted by Crippen LogP contribution is -2.31. The molecule has 2 amide bonds. The van der Waals surface area contributed by atoms with Crippen molar-refractivity contribution in [3.05, 3.63) is 36.2 Å². The average molecular weight is 331 g/mol. The Balaban J connectivity index is 2.21. The van der Waals surface area contributed by atoms with Gasteiger partial charge in [0, 0.05) is 24.2 Å². The van der Waals surface area contributed by atoms with Gasteiger partial charge >= 0.3 is 6.03 Å². The van der Waals surface area contributed by atoms with Crippen LogP contribution < -0.4 is 10.6 Å². The Morgan fingerprint density at radius 2 is 2.12 bits per heavy atom. The molecule has 7 nitrogen and oxygen atoms in total. The van der Waals surface area contributed by atoms with Crippen molar-refractivity contribution in [2.75, 3.05) is 11.9 Å². The average Bonchev–Trinajstić information content (AvgIpc) is 2.91. The number of pyridine rings is 1. The lowest BCUT2D eigenvalue weighted by molar-refractivity contribution is 0.184. The Kier molecular flexibility index (Phi) is 5.56. The van der Waals surface area contributed by atoms with Crippen LogP contribution in [0.25, 0.3) is 5.82 Å². The zero-order valence-corrected chi connectivity index (χ0v) is 14.6. The first-order valence-electron chi connectivity index (χ1n) is 8.02. The number of anilines is 1. The molecule has 0 bridgehead atoms. The van der Waals surface area contributed by atoms with E-state index in [1.807, 2.05) is 24.3 Å². The summed E-state index contributed by atoms with van der Waals surface area (Å²) in [4.78, 5) is 16.4. The summed E-state index contributed by atoms with van der Waals surface area (Å²) < 4.78 is 1.62. The molecule has 2 aromatic rings. The third kappa shape index (κ3) is 4.79. The van der Waals surface area contributed by atoms with Crippen LogP contribution in [-0.2, 0) is 5.41 Å². The Hall–Kier alpha value is -2.41. The van der Waals surface area contributed by atoms with E-state index in [9.17, 15) is 9.90 Å². The lowest BCUT2D eigenvalue weighted by atomic mass is 9.92. The smallest absolute Gasteiger partial charge is 0.320 e. The number of hydrogen-bond acceptors (Lipinski definition) is 4. The van der Waals surface area contributed by atoms with E-state index in [1.54, 1.807) is 17.8 Å². The predicted octanol–water partition coefficient (Wildman–Crippen LogP) is 2.46. The second-order valence-electron chi connectivity index (χ2n) is 6.78. The highest BCUT2D eigenvalue weighted by atomic mass is 16.3. The lowest BCUT2D eigenvalue weighted by Gasteiger charge is -2.13. The molecule has 2 rings (SSSR count). The molecule has 1 unspecified atom stereocenters. The molecular formula is C17H25N5O2. The normalized spacial score (nSPS) is 12.7. The topological polar surface area (TPSA) is 92.1 Å². The molecule has 7 heteroatoms. The fraction of sp³-hybridized carbons (Fsp3) is 0.471. The molecule has 0 aromatic carbocycles. The molecule has 3 N–H and O–H groups in total. The molecule has 0 spiro atoms. The minimum absolute atomic E-state index is 0.154. The number of aromatic nitrogens is 3. The van der Waals surface area contributed by atoms with E-state index >= 15 is 0 Å². The molecule has 0 saturated carbocycles. The van der Waals surface area contributed by atoms with Crippen molar-refractivity contribution in [2.24, 2.45) is 0 Å². The molecule has 0 fully saturated rings. The molecule has 1 atom stereocenters. The second kappa shape index (κ2) is 7.44. The number of nitrogens with zero attached hydrogens (tertiary/aromatic N) is 3. The van der Waals surface area contributed by atoms with Crippen LogP contribution in [0.4, 0.5) is 10.6 Å². The molecule has 0 aliphatic rings. The third-order valence-corrected chi connectivity index (χ3v) is 3.43. The summed E-state index contributed by atoms with van der Waals surface area (Å²) in [5.74, 6) is 1.18. The van der Waals surface area contributed by atoms with Crippen LogP contribution in [0, 0.1) is 0 Å². The summed E-state index contributed by atoms with van der Waals surface area (Å²) in [5, 5.41) is 19.4. The SMILES string of the molecule is CC(O)CCNC(=O)Nc1cc(C(C)(C)C)nn1-c1ccccn1. The number of aliphatic hydroxyl groups is 1. The molecule has 2 heterocycles. The van der Waals surface area contributed by atoms with E-state index < -0.39 is 6.10 Å². The van der Waals surface area contributed by atoms with E-state index in [0.717, 1.165) is 5.69 Å². The summed E-state index contributed by atoms with van der Waals surface area (Å²) in [6.45, 7) is 8.26. The van der Waals surface area contributed by atoms with Gasteiger partial charge in [-0.15, -0.1) is 0 Å². The molecular weight excluding hydrogens is 306 g/mol. The molecule has 130 valence electrons. The van der Waals surface area contributed by atoms with Crippen LogP contribution in [0.3, 0.4) is 0 Å². The number of hydrogen-bond donors (Lipinski definition) is 3. The zero-order chi connectivity index (χ0) is 17.7. The standard InChI is InChI=1S/C17H25N5O2/c1-12(23)8-10-19-16(24)20-15-11-13(17(2,3)4)21-22(15)14-7-5-6-9-18-14/h5-7,9,11-12,23H,8,10H2,1-4H3,(H2,19,20,24). The highest BCUT2D eigenvalue weighted by Crippen LogP contribution is 2.25. The van der Waals surface area contributed by atoms with Crippen molar-refractivity contribution in [1.82, 2.24) is 20.1 Å². The number of aliphatic hydroxyl groups excluding tert-OH is 1. The fourth-order valence-electron chi connectivity index (χ4n) is 2.05. The molecule has 0 saturated heterocycles. The predicted molar refractivity (Wildman–Crippen MR) is 93.4 cm³/mol. The van der Waals surface area contributed by atoms with E-state index in [1.165, 1.54) is 0 Å². The second-order valence-corrected chi connectivity index (χ2v) is 6.78. The van der Waals surface area contributed by atoms with Crippen molar-refractivity contribution in [3.63, 3.8) is 0 Å². The van der Waals surface area contributed by atoms with Crippen molar-refractivity contribution in [2.45, 2.75) is 45.6 Å². The van der Waals surface area contributed by atoms with Gasteiger partial charge in [0.1, 0.15) is 5.82 Å². The summed E-state index contributed by atoms with van der Waals surface area (Å²) >= 11 is 0. The van der Waals surface area contributed by atoms with Crippen molar-refractivity contribution >= 4 is 11.8 Å². The molecule has 0 radical (unpaired) electrons. The molecule has 24 heavy (non-hydrogen) atoms. The van der Waals surface area contributed by atoms with E-state index in [0.29, 0.717) is 24.6 Å². The molecule has 2 aromatic heterocycles. The van der Waals surface area contributed by atoms with Crippen LogP contribution >= 0.6 is 0 Å². The quantitative estimate of drug-likeness (QED) is 0.785. The maximum Gasteiger partial charge on any atom is 0.320 e. The largest absolute Gasteiger partial charge is 0.393 e. The number of rotatable bonds is 5. The monoisotopic (exact) mass is 331 g/mol. The van der Waals surface area contributed by atoms with Crippen LogP contribution in [-0.4, -0.2) is 38.6 Å². The van der Waals surface area contributed by atoms with Gasteiger partial charge in [-0.3, -0.25) is 5.32 Å². The first kappa shape index (κ1) is 17.9.